The molecule has 2 aromatic rings. The van der Waals surface area contributed by atoms with E-state index in [2.05, 4.69) is 5.32 Å². The smallest absolute Gasteiger partial charge is 0.262 e. The van der Waals surface area contributed by atoms with E-state index in [-0.39, 0.29) is 42.2 Å². The minimum atomic E-state index is -3.75. The molecule has 0 atom stereocenters. The number of ether oxygens (including phenoxy) is 3. The van der Waals surface area contributed by atoms with E-state index in [1.54, 1.807) is 31.2 Å². The van der Waals surface area contributed by atoms with Crippen LogP contribution in [-0.4, -0.2) is 63.4 Å². The summed E-state index contributed by atoms with van der Waals surface area (Å²) in [4.78, 5) is 24.4. The molecule has 1 saturated heterocycles. The molecule has 1 heterocycles. The van der Waals surface area contributed by atoms with Crippen LogP contribution in [0.15, 0.2) is 47.4 Å². The fourth-order valence-electron chi connectivity index (χ4n) is 3.34. The normalized spacial score (nSPS) is 14.6. The molecule has 10 heteroatoms. The van der Waals surface area contributed by atoms with Gasteiger partial charge in [-0.2, -0.15) is 4.31 Å². The fraction of sp³-hybridized carbons (Fsp3) is 0.417. The number of carbonyl (C=O) groups is 2. The molecule has 1 fully saturated rings. The van der Waals surface area contributed by atoms with Gasteiger partial charge in [0.2, 0.25) is 10.0 Å². The number of amides is 1. The molecule has 2 aromatic carbocycles. The van der Waals surface area contributed by atoms with Crippen molar-refractivity contribution in [2.24, 2.45) is 0 Å². The van der Waals surface area contributed by atoms with Crippen molar-refractivity contribution in [1.29, 1.82) is 0 Å². The summed E-state index contributed by atoms with van der Waals surface area (Å²) in [6.45, 7) is 6.36. The Labute approximate surface area is 200 Å². The summed E-state index contributed by atoms with van der Waals surface area (Å²) in [6.07, 6.45) is 0.224. The van der Waals surface area contributed by atoms with E-state index >= 15 is 0 Å². The van der Waals surface area contributed by atoms with Crippen LogP contribution in [0.1, 0.15) is 37.6 Å². The van der Waals surface area contributed by atoms with Crippen LogP contribution < -0.4 is 14.8 Å². The summed E-state index contributed by atoms with van der Waals surface area (Å²) in [5, 5.41) is 2.69. The summed E-state index contributed by atoms with van der Waals surface area (Å²) in [6, 6.07) is 10.9. The van der Waals surface area contributed by atoms with Gasteiger partial charge in [0.05, 0.1) is 29.9 Å². The van der Waals surface area contributed by atoms with Crippen LogP contribution in [0.2, 0.25) is 0 Å². The Hall–Kier alpha value is -2.95. The van der Waals surface area contributed by atoms with Gasteiger partial charge in [0, 0.05) is 25.1 Å². The highest BCUT2D eigenvalue weighted by molar-refractivity contribution is 7.89. The Bertz CT molecular complexity index is 1110. The molecule has 0 unspecified atom stereocenters. The van der Waals surface area contributed by atoms with Gasteiger partial charge in [0.1, 0.15) is 11.5 Å². The van der Waals surface area contributed by atoms with E-state index in [0.717, 1.165) is 0 Å². The quantitative estimate of drug-likeness (QED) is 0.510. The zero-order valence-electron chi connectivity index (χ0n) is 19.6. The number of ketones is 1. The van der Waals surface area contributed by atoms with Crippen LogP contribution in [-0.2, 0) is 19.6 Å². The molecule has 34 heavy (non-hydrogen) atoms. The van der Waals surface area contributed by atoms with Gasteiger partial charge in [-0.05, 0) is 56.3 Å². The third-order valence-corrected chi connectivity index (χ3v) is 6.96. The maximum absolute atomic E-state index is 13.0. The second kappa shape index (κ2) is 11.5. The molecule has 9 nitrogen and oxygen atoms in total. The number of hydrogen-bond donors (Lipinski definition) is 1. The van der Waals surface area contributed by atoms with Crippen molar-refractivity contribution >= 4 is 27.4 Å². The Morgan fingerprint density at radius 2 is 1.76 bits per heavy atom. The first-order valence-electron chi connectivity index (χ1n) is 11.1. The fourth-order valence-corrected chi connectivity index (χ4v) is 4.77. The molecule has 184 valence electrons. The van der Waals surface area contributed by atoms with Crippen LogP contribution in [0, 0.1) is 0 Å². The Balaban J connectivity index is 1.73. The SMILES string of the molecule is CCC(=O)c1ccc(OCC(=O)Nc2cc(S(=O)(=O)N3CCOCC3)ccc2OC(C)C)cc1. The van der Waals surface area contributed by atoms with Crippen LogP contribution in [0.5, 0.6) is 11.5 Å². The van der Waals surface area contributed by atoms with Crippen LogP contribution in [0.25, 0.3) is 0 Å². The molecule has 0 aromatic heterocycles. The molecule has 0 radical (unpaired) electrons. The summed E-state index contributed by atoms with van der Waals surface area (Å²) < 4.78 is 43.9. The average molecular weight is 491 g/mol. The van der Waals surface area contributed by atoms with Gasteiger partial charge in [-0.15, -0.1) is 0 Å². The van der Waals surface area contributed by atoms with Gasteiger partial charge in [0.25, 0.3) is 5.91 Å². The number of nitrogens with one attached hydrogen (secondary N) is 1. The van der Waals surface area contributed by atoms with Crippen LogP contribution >= 0.6 is 0 Å². The number of nitrogens with zero attached hydrogens (tertiary/aromatic N) is 1. The Morgan fingerprint density at radius 1 is 1.09 bits per heavy atom. The van der Waals surface area contributed by atoms with E-state index in [1.807, 2.05) is 13.8 Å². The van der Waals surface area contributed by atoms with Crippen molar-refractivity contribution in [3.8, 4) is 11.5 Å². The zero-order chi connectivity index (χ0) is 24.7. The van der Waals surface area contributed by atoms with Crippen LogP contribution in [0.4, 0.5) is 5.69 Å². The lowest BCUT2D eigenvalue weighted by Gasteiger charge is -2.26. The molecule has 0 bridgehead atoms. The van der Waals surface area contributed by atoms with Gasteiger partial charge >= 0.3 is 0 Å². The molecule has 1 amide bonds. The number of morpholine rings is 1. The van der Waals surface area contributed by atoms with Crippen molar-refractivity contribution in [2.45, 2.75) is 38.2 Å². The third kappa shape index (κ3) is 6.55. The minimum absolute atomic E-state index is 0.0221. The summed E-state index contributed by atoms with van der Waals surface area (Å²) in [5.74, 6) is 0.328. The predicted octanol–water partition coefficient (Wildman–Crippen LogP) is 3.10. The lowest BCUT2D eigenvalue weighted by molar-refractivity contribution is -0.118. The Kier molecular flexibility index (Phi) is 8.65. The van der Waals surface area contributed by atoms with E-state index in [1.165, 1.54) is 22.5 Å². The zero-order valence-corrected chi connectivity index (χ0v) is 20.4. The molecule has 0 saturated carbocycles. The highest BCUT2D eigenvalue weighted by atomic mass is 32.2. The van der Waals surface area contributed by atoms with Crippen molar-refractivity contribution < 1.29 is 32.2 Å². The second-order valence-corrected chi connectivity index (χ2v) is 9.92. The van der Waals surface area contributed by atoms with Crippen molar-refractivity contribution in [1.82, 2.24) is 4.31 Å². The lowest BCUT2D eigenvalue weighted by atomic mass is 10.1. The highest BCUT2D eigenvalue weighted by Gasteiger charge is 2.27. The van der Waals surface area contributed by atoms with E-state index in [4.69, 9.17) is 14.2 Å². The third-order valence-electron chi connectivity index (χ3n) is 5.06. The maximum atomic E-state index is 13.0. The number of sulfonamides is 1. The predicted molar refractivity (Wildman–Crippen MR) is 127 cm³/mol. The first-order valence-corrected chi connectivity index (χ1v) is 12.6. The Morgan fingerprint density at radius 3 is 2.38 bits per heavy atom. The van der Waals surface area contributed by atoms with E-state index < -0.39 is 15.9 Å². The van der Waals surface area contributed by atoms with Crippen molar-refractivity contribution in [3.05, 3.63) is 48.0 Å². The maximum Gasteiger partial charge on any atom is 0.262 e. The molecule has 0 spiro atoms. The number of Topliss-reactive ketones (excluding diaryl/α,β-unsaturated/α-hetero) is 1. The molecule has 0 aliphatic carbocycles. The molecule has 3 rings (SSSR count). The number of anilines is 1. The number of carbonyl (C=O) groups excluding carboxylic acids is 2. The number of rotatable bonds is 10. The molecule has 1 aliphatic heterocycles. The first kappa shape index (κ1) is 25.7. The lowest BCUT2D eigenvalue weighted by Crippen LogP contribution is -2.40. The average Bonchev–Trinajstić information content (AvgIpc) is 2.83. The molecule has 1 N–H and O–H groups in total. The van der Waals surface area contributed by atoms with Gasteiger partial charge in [-0.1, -0.05) is 6.92 Å². The highest BCUT2D eigenvalue weighted by Crippen LogP contribution is 2.30. The van der Waals surface area contributed by atoms with Crippen molar-refractivity contribution in [2.75, 3.05) is 38.2 Å². The summed E-state index contributed by atoms with van der Waals surface area (Å²) >= 11 is 0. The second-order valence-electron chi connectivity index (χ2n) is 7.98. The summed E-state index contributed by atoms with van der Waals surface area (Å²) in [5.41, 5.74) is 0.814. The van der Waals surface area contributed by atoms with Gasteiger partial charge in [0.15, 0.2) is 12.4 Å². The van der Waals surface area contributed by atoms with Gasteiger partial charge < -0.3 is 19.5 Å². The first-order chi connectivity index (χ1) is 16.2. The topological polar surface area (TPSA) is 111 Å². The monoisotopic (exact) mass is 490 g/mol. The van der Waals surface area contributed by atoms with E-state index in [9.17, 15) is 18.0 Å². The van der Waals surface area contributed by atoms with Crippen molar-refractivity contribution in [3.63, 3.8) is 0 Å². The van der Waals surface area contributed by atoms with E-state index in [0.29, 0.717) is 36.7 Å². The summed E-state index contributed by atoms with van der Waals surface area (Å²) in [7, 11) is -3.75. The molecular formula is C24H30N2O7S. The minimum Gasteiger partial charge on any atom is -0.489 e. The molecular weight excluding hydrogens is 460 g/mol. The van der Waals surface area contributed by atoms with Gasteiger partial charge in [-0.25, -0.2) is 8.42 Å². The molecule has 1 aliphatic rings. The largest absolute Gasteiger partial charge is 0.489 e. The number of hydrogen-bond acceptors (Lipinski definition) is 7. The van der Waals surface area contributed by atoms with Gasteiger partial charge in [-0.3, -0.25) is 9.59 Å². The standard InChI is InChI=1S/C24H30N2O7S/c1-4-22(27)18-5-7-19(8-6-18)32-16-24(28)25-21-15-20(9-10-23(21)33-17(2)3)34(29,30)26-11-13-31-14-12-26/h5-10,15,17H,4,11-14,16H2,1-3H3,(H,25,28). The number of benzene rings is 2. The van der Waals surface area contributed by atoms with Crippen LogP contribution in [0.3, 0.4) is 0 Å².